The number of phosphoric ester groups is 2. The fourth-order valence-corrected chi connectivity index (χ4v) is 12.6. The highest BCUT2D eigenvalue weighted by Crippen LogP contribution is 2.45. The second-order valence-corrected chi connectivity index (χ2v) is 30.1. The first-order chi connectivity index (χ1) is 50.2. The Balaban J connectivity index is 4.45. The van der Waals surface area contributed by atoms with Crippen molar-refractivity contribution in [1.82, 2.24) is 0 Å². The molecule has 0 fully saturated rings. The summed E-state index contributed by atoms with van der Waals surface area (Å²) in [6.45, 7) is 2.54. The van der Waals surface area contributed by atoms with Gasteiger partial charge >= 0.3 is 33.6 Å². The highest BCUT2D eigenvalue weighted by molar-refractivity contribution is 7.47. The average Bonchev–Trinajstić information content (AvgIpc) is 0.912. The normalized spacial score (nSPS) is 14.6. The number of esters is 3. The summed E-state index contributed by atoms with van der Waals surface area (Å²) in [4.78, 5) is 58.6. The van der Waals surface area contributed by atoms with Crippen molar-refractivity contribution in [3.8, 4) is 0 Å². The van der Waals surface area contributed by atoms with Gasteiger partial charge in [0.2, 0.25) is 0 Å². The summed E-state index contributed by atoms with van der Waals surface area (Å²) >= 11 is 0. The summed E-state index contributed by atoms with van der Waals surface area (Å²) in [5.74, 6) is -1.58. The van der Waals surface area contributed by atoms with Gasteiger partial charge in [0.1, 0.15) is 25.4 Å². The molecule has 594 valence electrons. The Morgan fingerprint density at radius 2 is 0.515 bits per heavy atom. The van der Waals surface area contributed by atoms with E-state index in [0.29, 0.717) is 19.3 Å². The van der Waals surface area contributed by atoms with Gasteiger partial charge in [-0.2, -0.15) is 0 Å². The van der Waals surface area contributed by atoms with Gasteiger partial charge in [-0.3, -0.25) is 32.5 Å². The predicted molar refractivity (Wildman–Crippen MR) is 427 cm³/mol. The van der Waals surface area contributed by atoms with E-state index in [1.807, 2.05) is 0 Å². The molecule has 0 heterocycles. The third-order valence-electron chi connectivity index (χ3n) is 17.2. The number of phosphoric acid groups is 2. The van der Waals surface area contributed by atoms with E-state index in [1.54, 1.807) is 0 Å². The van der Waals surface area contributed by atoms with Gasteiger partial charge in [-0.15, -0.1) is 0 Å². The van der Waals surface area contributed by atoms with Crippen LogP contribution in [0.25, 0.3) is 0 Å². The molecule has 0 saturated heterocycles. The molecule has 0 aromatic heterocycles. The molecular formula is C85H148O16P2. The fraction of sp³-hybridized carbons (Fsp3) is 0.729. The summed E-state index contributed by atoms with van der Waals surface area (Å²) in [6.07, 6.45) is 92.6. The maximum absolute atomic E-state index is 12.9. The number of unbranched alkanes of at least 4 members (excludes halogenated alkanes) is 34. The minimum atomic E-state index is -4.93. The highest BCUT2D eigenvalue weighted by atomic mass is 31.2. The van der Waals surface area contributed by atoms with Crippen LogP contribution in [0.5, 0.6) is 0 Å². The summed E-state index contributed by atoms with van der Waals surface area (Å²) in [7, 11) is -9.78. The van der Waals surface area contributed by atoms with Crippen molar-refractivity contribution in [2.75, 3.05) is 39.6 Å². The van der Waals surface area contributed by atoms with E-state index in [-0.39, 0.29) is 19.3 Å². The second-order valence-electron chi connectivity index (χ2n) is 27.2. The molecule has 16 nitrogen and oxygen atoms in total. The van der Waals surface area contributed by atoms with Gasteiger partial charge in [-0.1, -0.05) is 328 Å². The first-order valence-electron chi connectivity index (χ1n) is 40.8. The van der Waals surface area contributed by atoms with Crippen molar-refractivity contribution < 1.29 is 75.8 Å². The number of ether oxygens (including phenoxy) is 3. The summed E-state index contributed by atoms with van der Waals surface area (Å²) in [6, 6.07) is 0. The van der Waals surface area contributed by atoms with E-state index < -0.39 is 91.5 Å². The van der Waals surface area contributed by atoms with Gasteiger partial charge in [0.25, 0.3) is 0 Å². The van der Waals surface area contributed by atoms with Crippen LogP contribution in [0, 0.1) is 0 Å². The molecule has 4 N–H and O–H groups in total. The van der Waals surface area contributed by atoms with Crippen LogP contribution in [0.2, 0.25) is 0 Å². The Morgan fingerprint density at radius 1 is 0.282 bits per heavy atom. The maximum atomic E-state index is 12.9. The standard InChI is InChI=1S/C85H148O16P2/c1-4-7-10-13-16-19-22-24-26-28-30-32-34-36-38-39-41-43-44-46-48-50-52-54-57-59-62-65-68-71-83(88)95-74-80(86)75-97-102(91,92)98-76-81(87)77-99-103(93,94)100-79-82(101-85(90)73-70-67-64-61-56-21-18-15-12-9-6-3)78-96-84(89)72-69-66-63-60-58-55-53-51-49-47-45-42-40-37-35-33-31-29-27-25-23-20-17-14-11-8-5-2/h8,11,16-17,19-20,24-27,30-33,36-38,40,45,47,80-82,86-87H,4-7,9-10,12-15,18,21-23,28-29,34-35,39,41-44,46,48-79H2,1-3H3,(H,91,92)(H,93,94)/b11-8-,19-16-,20-17-,26-24-,27-25-,32-30-,33-31-,38-36-,40-37-,47-45-. The van der Waals surface area contributed by atoms with Crippen molar-refractivity contribution in [2.45, 2.75) is 360 Å². The molecule has 5 atom stereocenters. The number of aliphatic hydroxyl groups is 2. The van der Waals surface area contributed by atoms with Crippen LogP contribution in [0.4, 0.5) is 0 Å². The lowest BCUT2D eigenvalue weighted by Gasteiger charge is -2.21. The Kier molecular flexibility index (Phi) is 74.5. The molecule has 18 heteroatoms. The number of hydrogen-bond acceptors (Lipinski definition) is 14. The first-order valence-corrected chi connectivity index (χ1v) is 43.8. The lowest BCUT2D eigenvalue weighted by Crippen LogP contribution is -2.30. The number of allylic oxidation sites excluding steroid dienone is 20. The maximum Gasteiger partial charge on any atom is 0.472 e. The molecular weight excluding hydrogens is 1340 g/mol. The average molecular weight is 1490 g/mol. The van der Waals surface area contributed by atoms with Crippen LogP contribution in [0.15, 0.2) is 122 Å². The Morgan fingerprint density at radius 3 is 0.835 bits per heavy atom. The number of carbonyl (C=O) groups excluding carboxylic acids is 3. The van der Waals surface area contributed by atoms with Gasteiger partial charge in [-0.25, -0.2) is 9.13 Å². The van der Waals surface area contributed by atoms with Crippen LogP contribution in [0.3, 0.4) is 0 Å². The third kappa shape index (κ3) is 78.8. The van der Waals surface area contributed by atoms with E-state index in [2.05, 4.69) is 142 Å². The molecule has 0 rings (SSSR count). The summed E-state index contributed by atoms with van der Waals surface area (Å²) < 4.78 is 61.1. The van der Waals surface area contributed by atoms with Crippen molar-refractivity contribution in [3.05, 3.63) is 122 Å². The summed E-state index contributed by atoms with van der Waals surface area (Å²) in [5.41, 5.74) is 0. The lowest BCUT2D eigenvalue weighted by atomic mass is 10.0. The van der Waals surface area contributed by atoms with Crippen LogP contribution in [-0.2, 0) is 55.8 Å². The molecule has 0 aliphatic heterocycles. The minimum absolute atomic E-state index is 0.104. The van der Waals surface area contributed by atoms with E-state index >= 15 is 0 Å². The van der Waals surface area contributed by atoms with E-state index in [9.17, 15) is 43.5 Å². The zero-order chi connectivity index (χ0) is 75.2. The number of carbonyl (C=O) groups is 3. The van der Waals surface area contributed by atoms with Gasteiger partial charge in [0.15, 0.2) is 6.10 Å². The zero-order valence-electron chi connectivity index (χ0n) is 65.0. The minimum Gasteiger partial charge on any atom is -0.463 e. The van der Waals surface area contributed by atoms with Gasteiger partial charge in [0.05, 0.1) is 26.4 Å². The SMILES string of the molecule is CC/C=C\C/C=C\C/C=C\C/C=C\C/C=C\C/C=C\CCCCCCCCCCC(=O)OCC(COP(=O)(O)OCC(O)COP(=O)(O)OCC(O)COC(=O)CCCCCCCCCCCCCCC/C=C\C/C=C\C/C=C\C/C=C\CCCCC)OC(=O)CCCCCCCCCCCCC. The van der Waals surface area contributed by atoms with Gasteiger partial charge in [-0.05, 0) is 116 Å². The van der Waals surface area contributed by atoms with E-state index in [1.165, 1.54) is 141 Å². The van der Waals surface area contributed by atoms with Crippen molar-refractivity contribution in [3.63, 3.8) is 0 Å². The molecule has 0 aliphatic rings. The number of rotatable bonds is 77. The third-order valence-corrected chi connectivity index (χ3v) is 19.1. The van der Waals surface area contributed by atoms with E-state index in [4.69, 9.17) is 32.3 Å². The molecule has 0 radical (unpaired) electrons. The largest absolute Gasteiger partial charge is 0.472 e. The molecule has 0 aromatic rings. The molecule has 0 amide bonds. The Labute approximate surface area is 627 Å². The smallest absolute Gasteiger partial charge is 0.463 e. The Bertz CT molecular complexity index is 2360. The first kappa shape index (κ1) is 98.9. The molecule has 0 spiro atoms. The van der Waals surface area contributed by atoms with Gasteiger partial charge < -0.3 is 34.2 Å². The predicted octanol–water partition coefficient (Wildman–Crippen LogP) is 24.1. The van der Waals surface area contributed by atoms with E-state index in [0.717, 1.165) is 141 Å². The monoisotopic (exact) mass is 1490 g/mol. The van der Waals surface area contributed by atoms with Crippen LogP contribution < -0.4 is 0 Å². The topological polar surface area (TPSA) is 231 Å². The van der Waals surface area contributed by atoms with Crippen LogP contribution in [0.1, 0.15) is 342 Å². The highest BCUT2D eigenvalue weighted by Gasteiger charge is 2.29. The zero-order valence-corrected chi connectivity index (χ0v) is 66.7. The molecule has 5 unspecified atom stereocenters. The van der Waals surface area contributed by atoms with Crippen molar-refractivity contribution >= 4 is 33.6 Å². The lowest BCUT2D eigenvalue weighted by molar-refractivity contribution is -0.161. The number of aliphatic hydroxyl groups excluding tert-OH is 2. The molecule has 0 bridgehead atoms. The molecule has 0 aromatic carbocycles. The Hall–Kier alpha value is -4.05. The number of hydrogen-bond donors (Lipinski definition) is 4. The van der Waals surface area contributed by atoms with Crippen molar-refractivity contribution in [1.29, 1.82) is 0 Å². The van der Waals surface area contributed by atoms with Crippen LogP contribution >= 0.6 is 15.6 Å². The molecule has 0 saturated carbocycles. The second kappa shape index (κ2) is 77.6. The molecule has 103 heavy (non-hydrogen) atoms. The fourth-order valence-electron chi connectivity index (χ4n) is 11.0. The van der Waals surface area contributed by atoms with Crippen molar-refractivity contribution in [2.24, 2.45) is 0 Å². The van der Waals surface area contributed by atoms with Crippen LogP contribution in [-0.4, -0.2) is 95.9 Å². The quantitative estimate of drug-likeness (QED) is 0.0146. The van der Waals surface area contributed by atoms with Gasteiger partial charge in [0, 0.05) is 19.3 Å². The molecule has 0 aliphatic carbocycles. The summed E-state index contributed by atoms with van der Waals surface area (Å²) in [5, 5.41) is 20.6.